The maximum atomic E-state index is 10.5. The van der Waals surface area contributed by atoms with E-state index in [1.165, 1.54) is 18.3 Å². The van der Waals surface area contributed by atoms with Crippen molar-refractivity contribution >= 4 is 28.2 Å². The molecule has 1 N–H and O–H groups in total. The summed E-state index contributed by atoms with van der Waals surface area (Å²) in [5.74, 6) is 0.473. The molecule has 0 aliphatic heterocycles. The zero-order valence-electron chi connectivity index (χ0n) is 9.48. The van der Waals surface area contributed by atoms with Crippen LogP contribution in [0.3, 0.4) is 0 Å². The minimum Gasteiger partial charge on any atom is -0.338 e. The molecule has 0 saturated carbocycles. The molecular weight excluding hydrogens is 250 g/mol. The summed E-state index contributed by atoms with van der Waals surface area (Å²) < 4.78 is 4.64. The third-order valence-corrected chi connectivity index (χ3v) is 2.51. The van der Waals surface area contributed by atoms with Gasteiger partial charge in [0.2, 0.25) is 0 Å². The molecule has 0 spiro atoms. The van der Waals surface area contributed by atoms with Crippen molar-refractivity contribution in [3.05, 3.63) is 46.6 Å². The Morgan fingerprint density at radius 2 is 2.11 bits per heavy atom. The van der Waals surface area contributed by atoms with Crippen molar-refractivity contribution in [1.82, 2.24) is 15.3 Å². The molecule has 3 rings (SSSR count). The van der Waals surface area contributed by atoms with Crippen LogP contribution in [-0.2, 0) is 0 Å². The molecule has 0 aliphatic carbocycles. The smallest absolute Gasteiger partial charge is 0.287 e. The molecule has 3 aromatic rings. The highest BCUT2D eigenvalue weighted by Gasteiger charge is 2.08. The molecule has 0 radical (unpaired) electrons. The number of benzene rings is 1. The minimum atomic E-state index is -0.501. The van der Waals surface area contributed by atoms with Gasteiger partial charge in [-0.15, -0.1) is 0 Å². The van der Waals surface area contributed by atoms with Crippen molar-refractivity contribution in [2.75, 3.05) is 5.32 Å². The molecule has 19 heavy (non-hydrogen) atoms. The largest absolute Gasteiger partial charge is 0.338 e. The molecule has 8 heteroatoms. The summed E-state index contributed by atoms with van der Waals surface area (Å²) in [5, 5.41) is 21.0. The van der Waals surface area contributed by atoms with Gasteiger partial charge in [-0.2, -0.15) is 0 Å². The van der Waals surface area contributed by atoms with E-state index in [0.29, 0.717) is 22.5 Å². The molecule has 0 atom stereocenters. The van der Waals surface area contributed by atoms with Crippen LogP contribution < -0.4 is 5.32 Å². The Hall–Kier alpha value is -3.03. The quantitative estimate of drug-likeness (QED) is 0.566. The standard InChI is InChI=1S/C11H7N5O3/c17-16(18)7-4-5-10(12-6-7)13-8-2-1-3-9-11(8)15-19-14-9/h1-6H,(H,12,13). The molecule has 0 fully saturated rings. The Morgan fingerprint density at radius 1 is 1.21 bits per heavy atom. The van der Waals surface area contributed by atoms with E-state index in [2.05, 4.69) is 25.2 Å². The second kappa shape index (κ2) is 4.33. The van der Waals surface area contributed by atoms with Gasteiger partial charge in [-0.3, -0.25) is 10.1 Å². The van der Waals surface area contributed by atoms with E-state index in [-0.39, 0.29) is 5.69 Å². The fourth-order valence-corrected chi connectivity index (χ4v) is 1.61. The Balaban J connectivity index is 1.92. The average Bonchev–Trinajstić information content (AvgIpc) is 2.89. The first-order valence-electron chi connectivity index (χ1n) is 5.33. The van der Waals surface area contributed by atoms with Gasteiger partial charge in [-0.1, -0.05) is 6.07 Å². The van der Waals surface area contributed by atoms with Crippen LogP contribution in [-0.4, -0.2) is 20.2 Å². The SMILES string of the molecule is O=[N+]([O-])c1ccc(Nc2cccc3nonc23)nc1. The van der Waals surface area contributed by atoms with E-state index in [4.69, 9.17) is 0 Å². The summed E-state index contributed by atoms with van der Waals surface area (Å²) >= 11 is 0. The van der Waals surface area contributed by atoms with Gasteiger partial charge in [0, 0.05) is 6.07 Å². The molecule has 0 saturated heterocycles. The summed E-state index contributed by atoms with van der Waals surface area (Å²) in [6.45, 7) is 0. The van der Waals surface area contributed by atoms with Gasteiger partial charge in [0.05, 0.1) is 10.6 Å². The van der Waals surface area contributed by atoms with Crippen LogP contribution in [0.1, 0.15) is 0 Å². The average molecular weight is 257 g/mol. The molecule has 0 unspecified atom stereocenters. The highest BCUT2D eigenvalue weighted by molar-refractivity contribution is 5.88. The predicted molar refractivity (Wildman–Crippen MR) is 66.0 cm³/mol. The first kappa shape index (κ1) is 11.1. The Bertz CT molecular complexity index is 737. The number of hydrogen-bond donors (Lipinski definition) is 1. The Labute approximate surface area is 106 Å². The molecular formula is C11H7N5O3. The van der Waals surface area contributed by atoms with Gasteiger partial charge in [-0.25, -0.2) is 9.61 Å². The van der Waals surface area contributed by atoms with Crippen LogP contribution in [0.25, 0.3) is 11.0 Å². The van der Waals surface area contributed by atoms with Gasteiger partial charge in [-0.05, 0) is 28.5 Å². The third-order valence-electron chi connectivity index (χ3n) is 2.51. The maximum absolute atomic E-state index is 10.5. The van der Waals surface area contributed by atoms with E-state index in [1.54, 1.807) is 18.2 Å². The van der Waals surface area contributed by atoms with Crippen LogP contribution in [0.5, 0.6) is 0 Å². The molecule has 0 aliphatic rings. The second-order valence-corrected chi connectivity index (χ2v) is 3.72. The maximum Gasteiger partial charge on any atom is 0.287 e. The number of aromatic nitrogens is 3. The topological polar surface area (TPSA) is 107 Å². The number of pyridine rings is 1. The molecule has 2 aromatic heterocycles. The van der Waals surface area contributed by atoms with Crippen molar-refractivity contribution in [2.45, 2.75) is 0 Å². The molecule has 94 valence electrons. The molecule has 1 aromatic carbocycles. The Morgan fingerprint density at radius 3 is 2.84 bits per heavy atom. The fourth-order valence-electron chi connectivity index (χ4n) is 1.61. The lowest BCUT2D eigenvalue weighted by Gasteiger charge is -2.04. The van der Waals surface area contributed by atoms with Crippen LogP contribution in [0, 0.1) is 10.1 Å². The van der Waals surface area contributed by atoms with Crippen molar-refractivity contribution in [1.29, 1.82) is 0 Å². The first-order valence-corrected chi connectivity index (χ1v) is 5.33. The van der Waals surface area contributed by atoms with E-state index < -0.39 is 4.92 Å². The summed E-state index contributed by atoms with van der Waals surface area (Å²) in [4.78, 5) is 14.0. The van der Waals surface area contributed by atoms with Crippen LogP contribution in [0.4, 0.5) is 17.2 Å². The molecule has 8 nitrogen and oxygen atoms in total. The van der Waals surface area contributed by atoms with Gasteiger partial charge in [0.1, 0.15) is 17.5 Å². The zero-order chi connectivity index (χ0) is 13.2. The minimum absolute atomic E-state index is 0.0631. The third kappa shape index (κ3) is 2.06. The number of fused-ring (bicyclic) bond motifs is 1. The lowest BCUT2D eigenvalue weighted by atomic mass is 10.2. The number of nitrogens with zero attached hydrogens (tertiary/aromatic N) is 4. The van der Waals surface area contributed by atoms with Crippen molar-refractivity contribution in [3.8, 4) is 0 Å². The van der Waals surface area contributed by atoms with Crippen LogP contribution in [0.15, 0.2) is 41.2 Å². The summed E-state index contributed by atoms with van der Waals surface area (Å²) in [7, 11) is 0. The van der Waals surface area contributed by atoms with Crippen molar-refractivity contribution < 1.29 is 9.55 Å². The molecule has 0 amide bonds. The number of anilines is 2. The van der Waals surface area contributed by atoms with Crippen LogP contribution >= 0.6 is 0 Å². The highest BCUT2D eigenvalue weighted by atomic mass is 16.6. The zero-order valence-corrected chi connectivity index (χ0v) is 9.48. The van der Waals surface area contributed by atoms with Crippen molar-refractivity contribution in [3.63, 3.8) is 0 Å². The fraction of sp³-hybridized carbons (Fsp3) is 0. The Kier molecular flexibility index (Phi) is 2.53. The van der Waals surface area contributed by atoms with E-state index in [0.717, 1.165) is 0 Å². The van der Waals surface area contributed by atoms with E-state index in [9.17, 15) is 10.1 Å². The lowest BCUT2D eigenvalue weighted by molar-refractivity contribution is -0.385. The van der Waals surface area contributed by atoms with E-state index >= 15 is 0 Å². The van der Waals surface area contributed by atoms with Gasteiger partial charge in [0.15, 0.2) is 5.52 Å². The first-order chi connectivity index (χ1) is 9.24. The monoisotopic (exact) mass is 257 g/mol. The van der Waals surface area contributed by atoms with Crippen LogP contribution in [0.2, 0.25) is 0 Å². The van der Waals surface area contributed by atoms with E-state index in [1.807, 2.05) is 0 Å². The summed E-state index contributed by atoms with van der Waals surface area (Å²) in [6.07, 6.45) is 1.18. The summed E-state index contributed by atoms with van der Waals surface area (Å²) in [6, 6.07) is 8.23. The van der Waals surface area contributed by atoms with Gasteiger partial charge >= 0.3 is 0 Å². The normalized spacial score (nSPS) is 10.5. The number of nitro groups is 1. The predicted octanol–water partition coefficient (Wildman–Crippen LogP) is 2.27. The number of hydrogen-bond acceptors (Lipinski definition) is 7. The van der Waals surface area contributed by atoms with Gasteiger partial charge < -0.3 is 5.32 Å². The highest BCUT2D eigenvalue weighted by Crippen LogP contribution is 2.23. The van der Waals surface area contributed by atoms with Crippen molar-refractivity contribution in [2.24, 2.45) is 0 Å². The number of rotatable bonds is 3. The lowest BCUT2D eigenvalue weighted by Crippen LogP contribution is -1.95. The second-order valence-electron chi connectivity index (χ2n) is 3.72. The van der Waals surface area contributed by atoms with Gasteiger partial charge in [0.25, 0.3) is 5.69 Å². The molecule has 2 heterocycles. The summed E-state index contributed by atoms with van der Waals surface area (Å²) in [5.41, 5.74) is 1.79. The number of nitrogens with one attached hydrogen (secondary N) is 1. The molecule has 0 bridgehead atoms.